The Labute approximate surface area is 129 Å². The minimum atomic E-state index is -1.07. The predicted octanol–water partition coefficient (Wildman–Crippen LogP) is -2.40. The summed E-state index contributed by atoms with van der Waals surface area (Å²) in [5.41, 5.74) is 0.893. The minimum absolute atomic E-state index is 0. The normalized spacial score (nSPS) is 13.1. The summed E-state index contributed by atoms with van der Waals surface area (Å²) in [6.45, 7) is 0.333. The van der Waals surface area contributed by atoms with Gasteiger partial charge in [0.05, 0.1) is 11.1 Å². The molecule has 1 aromatic rings. The van der Waals surface area contributed by atoms with Crippen molar-refractivity contribution in [2.45, 2.75) is 25.7 Å². The molecule has 0 spiro atoms. The van der Waals surface area contributed by atoms with Crippen LogP contribution in [-0.2, 0) is 4.79 Å². The number of rotatable bonds is 6. The number of imide groups is 1. The summed E-state index contributed by atoms with van der Waals surface area (Å²) >= 11 is 0. The second kappa shape index (κ2) is 7.27. The number of aliphatic carboxylic acids is 1. The SMILES string of the molecule is O=C([O-])CCCCCN1C(=O)c2ccccc2C1=O.[Li+]. The summed E-state index contributed by atoms with van der Waals surface area (Å²) in [6.07, 6.45) is 1.79. The van der Waals surface area contributed by atoms with Crippen LogP contribution in [0.5, 0.6) is 0 Å². The van der Waals surface area contributed by atoms with Crippen LogP contribution in [0.15, 0.2) is 24.3 Å². The van der Waals surface area contributed by atoms with Crippen LogP contribution in [0.25, 0.3) is 0 Å². The molecule has 0 fully saturated rings. The van der Waals surface area contributed by atoms with E-state index in [1.54, 1.807) is 24.3 Å². The van der Waals surface area contributed by atoms with Gasteiger partial charge in [-0.05, 0) is 31.4 Å². The fourth-order valence-corrected chi connectivity index (χ4v) is 2.16. The van der Waals surface area contributed by atoms with Crippen LogP contribution in [0, 0.1) is 0 Å². The van der Waals surface area contributed by atoms with E-state index in [0.29, 0.717) is 36.9 Å². The van der Waals surface area contributed by atoms with Gasteiger partial charge in [0, 0.05) is 12.5 Å². The zero-order chi connectivity index (χ0) is 13.8. The summed E-state index contributed by atoms with van der Waals surface area (Å²) in [5.74, 6) is -1.60. The number of benzene rings is 1. The van der Waals surface area contributed by atoms with Gasteiger partial charge in [-0.1, -0.05) is 18.6 Å². The first-order chi connectivity index (χ1) is 9.11. The van der Waals surface area contributed by atoms with Gasteiger partial charge in [-0.25, -0.2) is 0 Å². The molecule has 1 aliphatic rings. The van der Waals surface area contributed by atoms with E-state index in [1.807, 2.05) is 0 Å². The monoisotopic (exact) mass is 267 g/mol. The first-order valence-electron chi connectivity index (χ1n) is 6.26. The third kappa shape index (κ3) is 3.50. The van der Waals surface area contributed by atoms with Crippen LogP contribution in [0.2, 0.25) is 0 Å². The van der Waals surface area contributed by atoms with E-state index < -0.39 is 5.97 Å². The summed E-state index contributed by atoms with van der Waals surface area (Å²) in [6, 6.07) is 6.75. The van der Waals surface area contributed by atoms with E-state index in [1.165, 1.54) is 4.90 Å². The van der Waals surface area contributed by atoms with Crippen molar-refractivity contribution in [3.8, 4) is 0 Å². The number of carboxylic acid groups (broad SMARTS) is 1. The maximum atomic E-state index is 12.0. The second-order valence-electron chi connectivity index (χ2n) is 4.49. The van der Waals surface area contributed by atoms with Crippen molar-refractivity contribution in [2.24, 2.45) is 0 Å². The number of amides is 2. The Bertz CT molecular complexity index is 495. The van der Waals surface area contributed by atoms with E-state index in [-0.39, 0.29) is 37.1 Å². The number of nitrogens with zero attached hydrogens (tertiary/aromatic N) is 1. The number of carboxylic acids is 1. The largest absolute Gasteiger partial charge is 1.00 e. The molecular formula is C14H14LiNO4. The van der Waals surface area contributed by atoms with Crippen molar-refractivity contribution >= 4 is 17.8 Å². The molecule has 6 heteroatoms. The van der Waals surface area contributed by atoms with Gasteiger partial charge in [0.15, 0.2) is 0 Å². The smallest absolute Gasteiger partial charge is 0.550 e. The first-order valence-corrected chi connectivity index (χ1v) is 6.26. The van der Waals surface area contributed by atoms with E-state index in [4.69, 9.17) is 0 Å². The fraction of sp³-hybridized carbons (Fsp3) is 0.357. The summed E-state index contributed by atoms with van der Waals surface area (Å²) < 4.78 is 0. The third-order valence-corrected chi connectivity index (χ3v) is 3.14. The van der Waals surface area contributed by atoms with E-state index in [0.717, 1.165) is 0 Å². The van der Waals surface area contributed by atoms with Crippen LogP contribution < -0.4 is 24.0 Å². The second-order valence-corrected chi connectivity index (χ2v) is 4.49. The molecule has 0 saturated carbocycles. The van der Waals surface area contributed by atoms with Crippen LogP contribution >= 0.6 is 0 Å². The van der Waals surface area contributed by atoms with Crippen molar-refractivity contribution in [1.82, 2.24) is 4.90 Å². The Balaban J connectivity index is 0.00000200. The van der Waals surface area contributed by atoms with Crippen molar-refractivity contribution in [2.75, 3.05) is 6.54 Å². The van der Waals surface area contributed by atoms with Gasteiger partial charge < -0.3 is 9.90 Å². The number of fused-ring (bicyclic) bond motifs is 1. The van der Waals surface area contributed by atoms with Gasteiger partial charge in [0.25, 0.3) is 11.8 Å². The Morgan fingerprint density at radius 2 is 1.55 bits per heavy atom. The number of hydrogen-bond donors (Lipinski definition) is 0. The minimum Gasteiger partial charge on any atom is -0.550 e. The zero-order valence-electron chi connectivity index (χ0n) is 11.4. The molecule has 0 aliphatic carbocycles. The van der Waals surface area contributed by atoms with Crippen LogP contribution in [0.3, 0.4) is 0 Å². The first kappa shape index (κ1) is 16.5. The Morgan fingerprint density at radius 3 is 2.05 bits per heavy atom. The van der Waals surface area contributed by atoms with E-state index >= 15 is 0 Å². The number of carbonyl (C=O) groups is 3. The van der Waals surface area contributed by atoms with Crippen molar-refractivity contribution < 1.29 is 38.4 Å². The molecule has 0 radical (unpaired) electrons. The molecule has 0 unspecified atom stereocenters. The van der Waals surface area contributed by atoms with Gasteiger partial charge >= 0.3 is 18.9 Å². The van der Waals surface area contributed by atoms with Crippen molar-refractivity contribution in [3.63, 3.8) is 0 Å². The van der Waals surface area contributed by atoms with Gasteiger partial charge in [0.2, 0.25) is 0 Å². The summed E-state index contributed by atoms with van der Waals surface area (Å²) in [7, 11) is 0. The predicted molar refractivity (Wildman–Crippen MR) is 65.3 cm³/mol. The molecule has 0 saturated heterocycles. The molecule has 1 aromatic carbocycles. The summed E-state index contributed by atoms with van der Waals surface area (Å²) in [5, 5.41) is 10.2. The molecule has 2 rings (SSSR count). The molecule has 0 atom stereocenters. The molecule has 0 N–H and O–H groups in total. The van der Waals surface area contributed by atoms with Crippen LogP contribution in [0.4, 0.5) is 0 Å². The molecule has 5 nitrogen and oxygen atoms in total. The third-order valence-electron chi connectivity index (χ3n) is 3.14. The average Bonchev–Trinajstić information content (AvgIpc) is 2.63. The Morgan fingerprint density at radius 1 is 1.00 bits per heavy atom. The number of carbonyl (C=O) groups excluding carboxylic acids is 3. The Kier molecular flexibility index (Phi) is 5.99. The molecule has 0 bridgehead atoms. The molecule has 20 heavy (non-hydrogen) atoms. The zero-order valence-corrected chi connectivity index (χ0v) is 11.4. The van der Waals surface area contributed by atoms with E-state index in [9.17, 15) is 19.5 Å². The van der Waals surface area contributed by atoms with Crippen molar-refractivity contribution in [1.29, 1.82) is 0 Å². The Hall–Kier alpha value is -1.57. The summed E-state index contributed by atoms with van der Waals surface area (Å²) in [4.78, 5) is 35.4. The fourth-order valence-electron chi connectivity index (χ4n) is 2.16. The van der Waals surface area contributed by atoms with Gasteiger partial charge in [-0.2, -0.15) is 0 Å². The maximum Gasteiger partial charge on any atom is 1.00 e. The van der Waals surface area contributed by atoms with Gasteiger partial charge in [-0.15, -0.1) is 0 Å². The van der Waals surface area contributed by atoms with Crippen LogP contribution in [0.1, 0.15) is 46.4 Å². The maximum absolute atomic E-state index is 12.0. The van der Waals surface area contributed by atoms with Gasteiger partial charge in [-0.3, -0.25) is 14.5 Å². The molecule has 1 aliphatic heterocycles. The van der Waals surface area contributed by atoms with E-state index in [2.05, 4.69) is 0 Å². The molecule has 1 heterocycles. The molecule has 0 aromatic heterocycles. The number of hydrogen-bond acceptors (Lipinski definition) is 4. The van der Waals surface area contributed by atoms with Gasteiger partial charge in [0.1, 0.15) is 0 Å². The molecule has 100 valence electrons. The topological polar surface area (TPSA) is 77.5 Å². The molecular weight excluding hydrogens is 253 g/mol. The molecule has 2 amide bonds. The standard InChI is InChI=1S/C14H15NO4.Li/c16-12(17)8-2-1-5-9-15-13(18)10-6-3-4-7-11(10)14(15)19;/h3-4,6-7H,1-2,5,8-9H2,(H,16,17);/q;+1/p-1. The van der Waals surface area contributed by atoms with Crippen LogP contribution in [-0.4, -0.2) is 29.2 Å². The quantitative estimate of drug-likeness (QED) is 0.327. The van der Waals surface area contributed by atoms with Crippen molar-refractivity contribution in [3.05, 3.63) is 35.4 Å². The number of unbranched alkanes of at least 4 members (excludes halogenated alkanes) is 2. The average molecular weight is 267 g/mol.